The highest BCUT2D eigenvalue weighted by atomic mass is 32.1. The zero-order chi connectivity index (χ0) is 19.0. The number of benzene rings is 2. The van der Waals surface area contributed by atoms with E-state index in [1.54, 1.807) is 24.3 Å². The Balaban J connectivity index is 1.81. The Morgan fingerprint density at radius 2 is 1.70 bits per heavy atom. The molecule has 136 valence electrons. The van der Waals surface area contributed by atoms with Crippen LogP contribution < -0.4 is 5.32 Å². The molecule has 4 rings (SSSR count). The van der Waals surface area contributed by atoms with Gasteiger partial charge in [0.2, 0.25) is 0 Å². The molecule has 0 aliphatic carbocycles. The number of carbonyl (C=O) groups excluding carboxylic acids is 1. The van der Waals surface area contributed by atoms with Crippen LogP contribution in [0.15, 0.2) is 54.6 Å². The molecule has 4 aromatic rings. The maximum Gasteiger partial charge on any atom is 0.405 e. The fourth-order valence-electron chi connectivity index (χ4n) is 2.73. The van der Waals surface area contributed by atoms with Gasteiger partial charge in [0, 0.05) is 5.39 Å². The Morgan fingerprint density at radius 3 is 2.44 bits per heavy atom. The van der Waals surface area contributed by atoms with Crippen molar-refractivity contribution in [2.24, 2.45) is 0 Å². The average molecular weight is 387 g/mol. The first-order valence-electron chi connectivity index (χ1n) is 8.01. The average Bonchev–Trinajstić information content (AvgIpc) is 3.09. The van der Waals surface area contributed by atoms with E-state index in [2.05, 4.69) is 9.97 Å². The molecule has 2 heterocycles. The number of nitrogens with one attached hydrogen (secondary N) is 1. The molecule has 0 saturated carbocycles. The molecule has 0 saturated heterocycles. The van der Waals surface area contributed by atoms with E-state index in [1.165, 1.54) is 17.4 Å². The molecule has 4 nitrogen and oxygen atoms in total. The van der Waals surface area contributed by atoms with Gasteiger partial charge < -0.3 is 5.32 Å². The van der Waals surface area contributed by atoms with E-state index in [4.69, 9.17) is 0 Å². The van der Waals surface area contributed by atoms with Crippen molar-refractivity contribution in [3.8, 4) is 10.7 Å². The van der Waals surface area contributed by atoms with Crippen molar-refractivity contribution in [3.63, 3.8) is 0 Å². The molecule has 8 heteroatoms. The fraction of sp³-hybridized carbons (Fsp3) is 0.105. The van der Waals surface area contributed by atoms with E-state index in [1.807, 2.05) is 29.6 Å². The van der Waals surface area contributed by atoms with E-state index in [-0.39, 0.29) is 5.56 Å². The summed E-state index contributed by atoms with van der Waals surface area (Å²) >= 11 is 1.41. The normalized spacial score (nSPS) is 11.8. The first kappa shape index (κ1) is 17.4. The van der Waals surface area contributed by atoms with Gasteiger partial charge in [-0.05, 0) is 24.3 Å². The lowest BCUT2D eigenvalue weighted by Crippen LogP contribution is -2.33. The number of fused-ring (bicyclic) bond motifs is 2. The van der Waals surface area contributed by atoms with Crippen molar-refractivity contribution in [1.29, 1.82) is 0 Å². The molecule has 0 bridgehead atoms. The van der Waals surface area contributed by atoms with Crippen molar-refractivity contribution in [2.45, 2.75) is 6.18 Å². The van der Waals surface area contributed by atoms with Gasteiger partial charge in [-0.2, -0.15) is 13.2 Å². The number of rotatable bonds is 3. The minimum atomic E-state index is -4.48. The predicted molar refractivity (Wildman–Crippen MR) is 98.7 cm³/mol. The topological polar surface area (TPSA) is 54.9 Å². The van der Waals surface area contributed by atoms with Crippen LogP contribution in [-0.4, -0.2) is 28.6 Å². The second-order valence-electron chi connectivity index (χ2n) is 5.86. The predicted octanol–water partition coefficient (Wildman–Crippen LogP) is 4.80. The molecular weight excluding hydrogens is 375 g/mol. The van der Waals surface area contributed by atoms with Gasteiger partial charge in [0.25, 0.3) is 5.91 Å². The number of halogens is 3. The lowest BCUT2D eigenvalue weighted by Gasteiger charge is -2.11. The van der Waals surface area contributed by atoms with Gasteiger partial charge in [-0.1, -0.05) is 30.3 Å². The summed E-state index contributed by atoms with van der Waals surface area (Å²) in [6.45, 7) is -1.39. The molecule has 1 amide bonds. The quantitative estimate of drug-likeness (QED) is 0.549. The summed E-state index contributed by atoms with van der Waals surface area (Å²) in [5.74, 6) is -0.798. The molecule has 2 aromatic carbocycles. The summed E-state index contributed by atoms with van der Waals surface area (Å²) < 4.78 is 38.4. The molecule has 0 aliphatic rings. The van der Waals surface area contributed by atoms with Gasteiger partial charge in [0.15, 0.2) is 0 Å². The van der Waals surface area contributed by atoms with Gasteiger partial charge in [-0.25, -0.2) is 9.97 Å². The molecular formula is C19H12F3N3OS. The molecule has 1 N–H and O–H groups in total. The minimum Gasteiger partial charge on any atom is -0.343 e. The van der Waals surface area contributed by atoms with E-state index >= 15 is 0 Å². The number of carbonyl (C=O) groups is 1. The summed E-state index contributed by atoms with van der Waals surface area (Å²) in [5.41, 5.74) is 1.91. The van der Waals surface area contributed by atoms with Crippen molar-refractivity contribution >= 4 is 38.4 Å². The van der Waals surface area contributed by atoms with E-state index in [0.29, 0.717) is 21.6 Å². The molecule has 0 spiro atoms. The van der Waals surface area contributed by atoms with E-state index in [9.17, 15) is 18.0 Å². The minimum absolute atomic E-state index is 0.138. The van der Waals surface area contributed by atoms with E-state index < -0.39 is 18.6 Å². The van der Waals surface area contributed by atoms with Crippen LogP contribution >= 0.6 is 11.3 Å². The van der Waals surface area contributed by atoms with Crippen LogP contribution in [0.4, 0.5) is 13.2 Å². The third-order valence-corrected chi connectivity index (χ3v) is 4.98. The molecule has 27 heavy (non-hydrogen) atoms. The number of amides is 1. The van der Waals surface area contributed by atoms with Crippen molar-refractivity contribution in [3.05, 3.63) is 60.2 Å². The molecule has 0 fully saturated rings. The standard InChI is InChI=1S/C19H12F3N3OS/c20-19(21,22)10-23-17(26)12-9-15(24-13-6-2-1-5-11(12)13)18-25-14-7-3-4-8-16(14)27-18/h1-9H,10H2,(H,23,26). The number of aromatic nitrogens is 2. The number of hydrogen-bond acceptors (Lipinski definition) is 4. The van der Waals surface area contributed by atoms with Crippen LogP contribution in [0.25, 0.3) is 31.8 Å². The highest BCUT2D eigenvalue weighted by molar-refractivity contribution is 7.21. The molecule has 0 unspecified atom stereocenters. The summed E-state index contributed by atoms with van der Waals surface area (Å²) in [6.07, 6.45) is -4.48. The fourth-order valence-corrected chi connectivity index (χ4v) is 3.66. The van der Waals surface area contributed by atoms with Crippen LogP contribution in [-0.2, 0) is 0 Å². The Kier molecular flexibility index (Phi) is 4.27. The molecule has 0 aliphatic heterocycles. The Morgan fingerprint density at radius 1 is 1.00 bits per heavy atom. The van der Waals surface area contributed by atoms with Gasteiger partial charge in [-0.15, -0.1) is 11.3 Å². The van der Waals surface area contributed by atoms with Gasteiger partial charge in [0.05, 0.1) is 21.3 Å². The third-order valence-electron chi connectivity index (χ3n) is 3.92. The largest absolute Gasteiger partial charge is 0.405 e. The number of thiazole rings is 1. The van der Waals surface area contributed by atoms with Crippen molar-refractivity contribution in [2.75, 3.05) is 6.54 Å². The van der Waals surface area contributed by atoms with Gasteiger partial charge in [0.1, 0.15) is 17.2 Å². The first-order chi connectivity index (χ1) is 12.9. The molecule has 0 atom stereocenters. The second-order valence-corrected chi connectivity index (χ2v) is 6.89. The van der Waals surface area contributed by atoms with Gasteiger partial charge >= 0.3 is 6.18 Å². The summed E-state index contributed by atoms with van der Waals surface area (Å²) in [5, 5.41) is 3.02. The Bertz CT molecular complexity index is 1120. The second kappa shape index (κ2) is 6.62. The van der Waals surface area contributed by atoms with Crippen LogP contribution in [0.2, 0.25) is 0 Å². The number of pyridine rings is 1. The number of hydrogen-bond donors (Lipinski definition) is 1. The van der Waals surface area contributed by atoms with Crippen LogP contribution in [0.1, 0.15) is 10.4 Å². The van der Waals surface area contributed by atoms with Crippen molar-refractivity contribution < 1.29 is 18.0 Å². The van der Waals surface area contributed by atoms with Crippen LogP contribution in [0.5, 0.6) is 0 Å². The highest BCUT2D eigenvalue weighted by Gasteiger charge is 2.28. The zero-order valence-corrected chi connectivity index (χ0v) is 14.6. The smallest absolute Gasteiger partial charge is 0.343 e. The zero-order valence-electron chi connectivity index (χ0n) is 13.7. The maximum atomic E-state index is 12.5. The molecule has 0 radical (unpaired) electrons. The van der Waals surface area contributed by atoms with Crippen LogP contribution in [0.3, 0.4) is 0 Å². The maximum absolute atomic E-state index is 12.5. The van der Waals surface area contributed by atoms with Crippen LogP contribution in [0, 0.1) is 0 Å². The third kappa shape index (κ3) is 3.61. The number of alkyl halides is 3. The SMILES string of the molecule is O=C(NCC(F)(F)F)c1cc(-c2nc3ccccc3s2)nc2ccccc12. The molecule has 2 aromatic heterocycles. The van der Waals surface area contributed by atoms with Gasteiger partial charge in [-0.3, -0.25) is 4.79 Å². The first-order valence-corrected chi connectivity index (χ1v) is 8.83. The lowest BCUT2D eigenvalue weighted by atomic mass is 10.1. The highest BCUT2D eigenvalue weighted by Crippen LogP contribution is 2.31. The number of para-hydroxylation sites is 2. The number of nitrogens with zero attached hydrogens (tertiary/aromatic N) is 2. The Labute approximate surface area is 155 Å². The lowest BCUT2D eigenvalue weighted by molar-refractivity contribution is -0.123. The summed E-state index contributed by atoms with van der Waals surface area (Å²) in [6, 6.07) is 15.9. The monoisotopic (exact) mass is 387 g/mol. The Hall–Kier alpha value is -3.00. The summed E-state index contributed by atoms with van der Waals surface area (Å²) in [7, 11) is 0. The van der Waals surface area contributed by atoms with E-state index in [0.717, 1.165) is 10.2 Å². The summed E-state index contributed by atoms with van der Waals surface area (Å²) in [4.78, 5) is 21.5. The van der Waals surface area contributed by atoms with Crippen molar-refractivity contribution in [1.82, 2.24) is 15.3 Å².